The fourth-order valence-electron chi connectivity index (χ4n) is 4.21. The third-order valence-electron chi connectivity index (χ3n) is 6.33. The quantitative estimate of drug-likeness (QED) is 0.208. The number of hydrogen-bond donors (Lipinski definition) is 0. The zero-order valence-corrected chi connectivity index (χ0v) is 23.1. The van der Waals surface area contributed by atoms with Gasteiger partial charge in [-0.1, -0.05) is 24.3 Å². The number of esters is 1. The van der Waals surface area contributed by atoms with Gasteiger partial charge in [-0.05, 0) is 65.7 Å². The molecule has 0 aliphatic rings. The molecule has 0 aliphatic heterocycles. The summed E-state index contributed by atoms with van der Waals surface area (Å²) in [6, 6.07) is 21.2. The van der Waals surface area contributed by atoms with Crippen LogP contribution in [0.2, 0.25) is 0 Å². The first kappa shape index (κ1) is 28.8. The van der Waals surface area contributed by atoms with Crippen LogP contribution in [0.1, 0.15) is 27.2 Å². The zero-order chi connectivity index (χ0) is 28.1. The molecule has 0 fully saturated rings. The van der Waals surface area contributed by atoms with E-state index in [0.29, 0.717) is 40.2 Å². The Bertz CT molecular complexity index is 1790. The van der Waals surface area contributed by atoms with Gasteiger partial charge in [-0.2, -0.15) is 0 Å². The number of carbonyl (C=O) groups is 2. The van der Waals surface area contributed by atoms with Crippen molar-refractivity contribution in [1.82, 2.24) is 19.5 Å². The standard InChI is InChI=1S/C31H25N5O4.ClH/c1-35(28(37)15-12-21-10-13-23(14-11-21)31(39)40-2)24-7-3-8-25(19-24)36-29-26(9-5-17-33-29)34-27(30(36)38)18-22-6-4-16-32-20-22;/h3-17,19-20H,18H2,1-2H3;1H. The molecular formula is C31H26ClN5O4. The van der Waals surface area contributed by atoms with Crippen LogP contribution in [0.5, 0.6) is 0 Å². The summed E-state index contributed by atoms with van der Waals surface area (Å²) in [7, 11) is 2.98. The Morgan fingerprint density at radius 1 is 1.00 bits per heavy atom. The number of halogens is 1. The normalized spacial score (nSPS) is 10.8. The highest BCUT2D eigenvalue weighted by Crippen LogP contribution is 2.21. The van der Waals surface area contributed by atoms with Gasteiger partial charge < -0.3 is 9.64 Å². The number of pyridine rings is 2. The molecule has 41 heavy (non-hydrogen) atoms. The van der Waals surface area contributed by atoms with Crippen LogP contribution in [0.25, 0.3) is 22.9 Å². The predicted octanol–water partition coefficient (Wildman–Crippen LogP) is 4.65. The molecule has 0 unspecified atom stereocenters. The van der Waals surface area contributed by atoms with Crippen LogP contribution in [-0.4, -0.2) is 45.6 Å². The highest BCUT2D eigenvalue weighted by atomic mass is 35.5. The highest BCUT2D eigenvalue weighted by Gasteiger charge is 2.16. The van der Waals surface area contributed by atoms with Gasteiger partial charge in [0, 0.05) is 43.8 Å². The maximum atomic E-state index is 13.7. The van der Waals surface area contributed by atoms with Crippen molar-refractivity contribution in [3.8, 4) is 5.69 Å². The molecule has 0 spiro atoms. The third-order valence-corrected chi connectivity index (χ3v) is 6.33. The molecular weight excluding hydrogens is 542 g/mol. The van der Waals surface area contributed by atoms with Gasteiger partial charge in [0.15, 0.2) is 5.65 Å². The van der Waals surface area contributed by atoms with E-state index in [-0.39, 0.29) is 23.9 Å². The molecule has 0 saturated heterocycles. The van der Waals surface area contributed by atoms with Crippen molar-refractivity contribution in [2.24, 2.45) is 0 Å². The highest BCUT2D eigenvalue weighted by molar-refractivity contribution is 6.03. The van der Waals surface area contributed by atoms with Gasteiger partial charge in [0.1, 0.15) is 11.2 Å². The number of nitrogens with zero attached hydrogens (tertiary/aromatic N) is 5. The molecule has 9 nitrogen and oxygen atoms in total. The number of likely N-dealkylation sites (N-methyl/N-ethyl adjacent to an activating group) is 1. The van der Waals surface area contributed by atoms with E-state index in [1.807, 2.05) is 18.2 Å². The molecule has 0 bridgehead atoms. The lowest BCUT2D eigenvalue weighted by molar-refractivity contribution is -0.113. The minimum absolute atomic E-state index is 0. The first-order valence-electron chi connectivity index (χ1n) is 12.4. The minimum atomic E-state index is -0.424. The van der Waals surface area contributed by atoms with Crippen LogP contribution in [0, 0.1) is 0 Å². The van der Waals surface area contributed by atoms with E-state index in [0.717, 1.165) is 11.1 Å². The number of aromatic nitrogens is 4. The Balaban J connectivity index is 0.00000387. The van der Waals surface area contributed by atoms with Crippen LogP contribution in [0.3, 0.4) is 0 Å². The summed E-state index contributed by atoms with van der Waals surface area (Å²) in [6.07, 6.45) is 8.43. The first-order valence-corrected chi connectivity index (χ1v) is 12.4. The van der Waals surface area contributed by atoms with Gasteiger partial charge in [-0.15, -0.1) is 12.4 Å². The molecule has 0 atom stereocenters. The molecule has 0 saturated carbocycles. The predicted molar refractivity (Wildman–Crippen MR) is 160 cm³/mol. The molecule has 5 aromatic rings. The van der Waals surface area contributed by atoms with E-state index >= 15 is 0 Å². The number of rotatable bonds is 7. The monoisotopic (exact) mass is 567 g/mol. The van der Waals surface area contributed by atoms with E-state index in [9.17, 15) is 14.4 Å². The summed E-state index contributed by atoms with van der Waals surface area (Å²) >= 11 is 0. The second kappa shape index (κ2) is 12.8. The topological polar surface area (TPSA) is 107 Å². The molecule has 206 valence electrons. The van der Waals surface area contributed by atoms with Crippen molar-refractivity contribution in [2.75, 3.05) is 19.1 Å². The SMILES string of the molecule is COC(=O)c1ccc(C=CC(=O)N(C)c2cccc(-n3c(=O)c(Cc4cccnc4)nc4cccnc43)c2)cc1.Cl. The van der Waals surface area contributed by atoms with Crippen LogP contribution in [0.4, 0.5) is 5.69 Å². The molecule has 1 amide bonds. The lowest BCUT2D eigenvalue weighted by atomic mass is 10.1. The van der Waals surface area contributed by atoms with Crippen LogP contribution in [0.15, 0.2) is 102 Å². The molecule has 3 aromatic heterocycles. The number of ether oxygens (including phenoxy) is 1. The first-order chi connectivity index (χ1) is 19.4. The van der Waals surface area contributed by atoms with Crippen LogP contribution in [-0.2, 0) is 16.0 Å². The smallest absolute Gasteiger partial charge is 0.337 e. The summed E-state index contributed by atoms with van der Waals surface area (Å²) < 4.78 is 6.23. The molecule has 3 heterocycles. The average molecular weight is 568 g/mol. The maximum absolute atomic E-state index is 13.7. The number of carbonyl (C=O) groups excluding carboxylic acids is 2. The van der Waals surface area contributed by atoms with Gasteiger partial charge in [0.25, 0.3) is 11.5 Å². The van der Waals surface area contributed by atoms with Gasteiger partial charge in [0.05, 0.1) is 18.4 Å². The minimum Gasteiger partial charge on any atom is -0.465 e. The van der Waals surface area contributed by atoms with Crippen molar-refractivity contribution in [2.45, 2.75) is 6.42 Å². The Morgan fingerprint density at radius 2 is 1.78 bits per heavy atom. The lowest BCUT2D eigenvalue weighted by Gasteiger charge is -2.18. The van der Waals surface area contributed by atoms with Crippen LogP contribution >= 0.6 is 12.4 Å². The van der Waals surface area contributed by atoms with Crippen molar-refractivity contribution in [3.05, 3.63) is 130 Å². The molecule has 0 N–H and O–H groups in total. The third kappa shape index (κ3) is 6.37. The average Bonchev–Trinajstić information content (AvgIpc) is 3.00. The van der Waals surface area contributed by atoms with Gasteiger partial charge >= 0.3 is 5.97 Å². The second-order valence-electron chi connectivity index (χ2n) is 8.95. The largest absolute Gasteiger partial charge is 0.465 e. The fourth-order valence-corrected chi connectivity index (χ4v) is 4.21. The summed E-state index contributed by atoms with van der Waals surface area (Å²) in [4.78, 5) is 52.9. The Labute approximate surface area is 242 Å². The number of methoxy groups -OCH3 is 1. The number of benzene rings is 2. The number of fused-ring (bicyclic) bond motifs is 1. The van der Waals surface area contributed by atoms with Crippen LogP contribution < -0.4 is 10.5 Å². The Hall–Kier alpha value is -5.15. The van der Waals surface area contributed by atoms with Crippen molar-refractivity contribution >= 4 is 47.2 Å². The summed E-state index contributed by atoms with van der Waals surface area (Å²) in [6.45, 7) is 0. The molecule has 5 rings (SSSR count). The van der Waals surface area contributed by atoms with E-state index in [1.54, 1.807) is 86.3 Å². The summed E-state index contributed by atoms with van der Waals surface area (Å²) in [5.74, 6) is -0.691. The van der Waals surface area contributed by atoms with E-state index in [4.69, 9.17) is 4.74 Å². The Kier molecular flexibility index (Phi) is 9.01. The lowest BCUT2D eigenvalue weighted by Crippen LogP contribution is -2.27. The number of hydrogen-bond acceptors (Lipinski definition) is 7. The Morgan fingerprint density at radius 3 is 2.51 bits per heavy atom. The van der Waals surface area contributed by atoms with Crippen molar-refractivity contribution in [1.29, 1.82) is 0 Å². The molecule has 0 radical (unpaired) electrons. The van der Waals surface area contributed by atoms with Crippen molar-refractivity contribution in [3.63, 3.8) is 0 Å². The fraction of sp³-hybridized carbons (Fsp3) is 0.0968. The van der Waals surface area contributed by atoms with E-state index in [2.05, 4.69) is 15.0 Å². The number of anilines is 1. The van der Waals surface area contributed by atoms with E-state index in [1.165, 1.54) is 22.7 Å². The summed E-state index contributed by atoms with van der Waals surface area (Å²) in [5.41, 5.74) is 4.27. The van der Waals surface area contributed by atoms with Gasteiger partial charge in [-0.3, -0.25) is 19.1 Å². The molecule has 2 aromatic carbocycles. The summed E-state index contributed by atoms with van der Waals surface area (Å²) in [5, 5.41) is 0. The zero-order valence-electron chi connectivity index (χ0n) is 22.3. The molecule has 0 aliphatic carbocycles. The number of amides is 1. The van der Waals surface area contributed by atoms with Gasteiger partial charge in [-0.25, -0.2) is 14.8 Å². The van der Waals surface area contributed by atoms with E-state index < -0.39 is 5.97 Å². The second-order valence-corrected chi connectivity index (χ2v) is 8.95. The van der Waals surface area contributed by atoms with Crippen molar-refractivity contribution < 1.29 is 14.3 Å². The van der Waals surface area contributed by atoms with Gasteiger partial charge in [0.2, 0.25) is 0 Å². The maximum Gasteiger partial charge on any atom is 0.337 e. The molecule has 10 heteroatoms.